The van der Waals surface area contributed by atoms with Gasteiger partial charge in [-0.3, -0.25) is 9.78 Å². The summed E-state index contributed by atoms with van der Waals surface area (Å²) in [6.45, 7) is 1.54. The molecule has 0 bridgehead atoms. The van der Waals surface area contributed by atoms with Crippen molar-refractivity contribution in [1.82, 2.24) is 39.6 Å². The van der Waals surface area contributed by atoms with Gasteiger partial charge in [0, 0.05) is 42.7 Å². The lowest BCUT2D eigenvalue weighted by atomic mass is 10.1. The normalized spacial score (nSPS) is 11.4. The van der Waals surface area contributed by atoms with Gasteiger partial charge in [0.2, 0.25) is 5.91 Å². The smallest absolute Gasteiger partial charge is 0.226 e. The van der Waals surface area contributed by atoms with Gasteiger partial charge in [0.15, 0.2) is 17.2 Å². The molecule has 1 amide bonds. The van der Waals surface area contributed by atoms with Crippen molar-refractivity contribution in [3.05, 3.63) is 90.4 Å². The van der Waals surface area contributed by atoms with Crippen LogP contribution in [0.15, 0.2) is 73.3 Å². The number of benzene rings is 2. The number of rotatable bonds is 13. The predicted molar refractivity (Wildman–Crippen MR) is 175 cm³/mol. The summed E-state index contributed by atoms with van der Waals surface area (Å²) in [6.07, 6.45) is 7.67. The van der Waals surface area contributed by atoms with E-state index in [4.69, 9.17) is 24.3 Å². The van der Waals surface area contributed by atoms with Crippen molar-refractivity contribution < 1.29 is 23.4 Å². The molecule has 1 N–H and O–H groups in total. The fourth-order valence-corrected chi connectivity index (χ4v) is 5.22. The maximum atomic E-state index is 15.7. The Labute approximate surface area is 270 Å². The number of methoxy groups -OCH3 is 2. The number of fused-ring (bicyclic) bond motifs is 2. The first-order valence-electron chi connectivity index (χ1n) is 15.1. The van der Waals surface area contributed by atoms with Crippen LogP contribution in [0.25, 0.3) is 33.5 Å². The molecule has 242 valence electrons. The van der Waals surface area contributed by atoms with Crippen molar-refractivity contribution in [1.29, 1.82) is 0 Å². The molecule has 47 heavy (non-hydrogen) atoms. The second-order valence-electron chi connectivity index (χ2n) is 11.2. The first-order chi connectivity index (χ1) is 22.8. The summed E-state index contributed by atoms with van der Waals surface area (Å²) >= 11 is 0. The van der Waals surface area contributed by atoms with E-state index in [0.29, 0.717) is 51.5 Å². The molecule has 0 aliphatic carbocycles. The molecule has 4 heterocycles. The van der Waals surface area contributed by atoms with Gasteiger partial charge in [0.25, 0.3) is 0 Å². The number of carbonyl (C=O) groups is 1. The van der Waals surface area contributed by atoms with E-state index in [2.05, 4.69) is 20.3 Å². The Morgan fingerprint density at radius 3 is 2.62 bits per heavy atom. The Morgan fingerprint density at radius 1 is 1.02 bits per heavy atom. The third kappa shape index (κ3) is 6.84. The zero-order valence-corrected chi connectivity index (χ0v) is 26.6. The number of pyridine rings is 1. The first-order valence-corrected chi connectivity index (χ1v) is 15.1. The molecular weight excluding hydrogens is 603 g/mol. The van der Waals surface area contributed by atoms with Crippen LogP contribution in [0, 0.1) is 5.82 Å². The van der Waals surface area contributed by atoms with E-state index in [0.717, 1.165) is 24.3 Å². The molecule has 0 aliphatic heterocycles. The van der Waals surface area contributed by atoms with Crippen molar-refractivity contribution in [2.75, 3.05) is 41.4 Å². The fourth-order valence-electron chi connectivity index (χ4n) is 5.22. The summed E-state index contributed by atoms with van der Waals surface area (Å²) in [5.41, 5.74) is 4.20. The summed E-state index contributed by atoms with van der Waals surface area (Å²) in [5.74, 6) is 0.298. The van der Waals surface area contributed by atoms with Crippen LogP contribution in [0.1, 0.15) is 17.7 Å². The summed E-state index contributed by atoms with van der Waals surface area (Å²) in [4.78, 5) is 24.2. The molecule has 0 radical (unpaired) electrons. The van der Waals surface area contributed by atoms with Crippen LogP contribution in [0.5, 0.6) is 17.2 Å². The Balaban J connectivity index is 1.37. The second kappa shape index (κ2) is 13.8. The third-order valence-corrected chi connectivity index (χ3v) is 7.64. The second-order valence-corrected chi connectivity index (χ2v) is 11.2. The minimum absolute atomic E-state index is 0.0125. The maximum absolute atomic E-state index is 15.7. The van der Waals surface area contributed by atoms with Crippen molar-refractivity contribution in [2.45, 2.75) is 19.4 Å². The number of aromatic nitrogens is 6. The lowest BCUT2D eigenvalue weighted by Crippen LogP contribution is -2.28. The van der Waals surface area contributed by atoms with E-state index in [9.17, 15) is 4.79 Å². The number of ether oxygens (including phenoxy) is 3. The summed E-state index contributed by atoms with van der Waals surface area (Å²) in [5, 5.41) is 12.8. The van der Waals surface area contributed by atoms with Gasteiger partial charge < -0.3 is 24.4 Å². The summed E-state index contributed by atoms with van der Waals surface area (Å²) < 4.78 is 35.6. The van der Waals surface area contributed by atoms with Gasteiger partial charge in [0.05, 0.1) is 49.3 Å². The molecule has 13 heteroatoms. The molecular formula is C34H35FN8O4. The Hall–Kier alpha value is -5.56. The fraction of sp³-hybridized carbons (Fsp3) is 0.265. The van der Waals surface area contributed by atoms with Crippen LogP contribution in [-0.4, -0.2) is 81.6 Å². The Kier molecular flexibility index (Phi) is 9.25. The van der Waals surface area contributed by atoms with E-state index in [1.807, 2.05) is 44.4 Å². The minimum atomic E-state index is -0.598. The highest BCUT2D eigenvalue weighted by atomic mass is 19.1. The molecule has 0 unspecified atom stereocenters. The highest BCUT2D eigenvalue weighted by Gasteiger charge is 2.22. The van der Waals surface area contributed by atoms with Crippen molar-refractivity contribution in [3.8, 4) is 34.2 Å². The van der Waals surface area contributed by atoms with E-state index in [1.165, 1.54) is 19.2 Å². The quantitative estimate of drug-likeness (QED) is 0.183. The number of halogens is 1. The number of carbonyl (C=O) groups excluding carboxylic acids is 1. The molecule has 0 saturated carbocycles. The summed E-state index contributed by atoms with van der Waals surface area (Å²) in [7, 11) is 7.07. The molecule has 0 spiro atoms. The molecule has 0 aliphatic rings. The van der Waals surface area contributed by atoms with E-state index in [-0.39, 0.29) is 24.7 Å². The molecule has 4 aromatic heterocycles. The monoisotopic (exact) mass is 638 g/mol. The number of nitrogens with zero attached hydrogens (tertiary/aromatic N) is 7. The van der Waals surface area contributed by atoms with Crippen LogP contribution in [-0.2, 0) is 17.8 Å². The molecule has 6 aromatic rings. The van der Waals surface area contributed by atoms with E-state index >= 15 is 4.39 Å². The number of hydrogen-bond donors (Lipinski definition) is 1. The Bertz CT molecular complexity index is 2020. The van der Waals surface area contributed by atoms with Gasteiger partial charge in [-0.2, -0.15) is 10.2 Å². The van der Waals surface area contributed by atoms with Gasteiger partial charge in [0.1, 0.15) is 23.8 Å². The number of nitrogens with one attached hydrogen (secondary N) is 1. The minimum Gasteiger partial charge on any atom is -0.497 e. The van der Waals surface area contributed by atoms with Crippen molar-refractivity contribution >= 4 is 22.5 Å². The van der Waals surface area contributed by atoms with Gasteiger partial charge in [-0.25, -0.2) is 18.6 Å². The lowest BCUT2D eigenvalue weighted by molar-refractivity contribution is -0.120. The zero-order valence-electron chi connectivity index (χ0n) is 26.6. The van der Waals surface area contributed by atoms with Crippen molar-refractivity contribution in [2.24, 2.45) is 0 Å². The molecule has 2 aromatic carbocycles. The number of hydrogen-bond acceptors (Lipinski definition) is 9. The SMILES string of the molecule is COc1ccc(COc2cc(OC)c(-n3nc(CC(=O)NCCCN(C)C)c4cnc(-c5cnn6cccnc56)cc43)cc2F)cc1. The molecule has 0 fully saturated rings. The van der Waals surface area contributed by atoms with Gasteiger partial charge >= 0.3 is 0 Å². The average Bonchev–Trinajstić information content (AvgIpc) is 3.67. The van der Waals surface area contributed by atoms with E-state index < -0.39 is 5.82 Å². The van der Waals surface area contributed by atoms with Crippen molar-refractivity contribution in [3.63, 3.8) is 0 Å². The highest BCUT2D eigenvalue weighted by molar-refractivity contribution is 5.91. The van der Waals surface area contributed by atoms with Gasteiger partial charge in [-0.15, -0.1) is 0 Å². The predicted octanol–water partition coefficient (Wildman–Crippen LogP) is 4.48. The molecule has 0 atom stereocenters. The van der Waals surface area contributed by atoms with Crippen LogP contribution < -0.4 is 19.5 Å². The molecule has 6 rings (SSSR count). The van der Waals surface area contributed by atoms with Crippen LogP contribution in [0.4, 0.5) is 4.39 Å². The maximum Gasteiger partial charge on any atom is 0.226 e. The topological polar surface area (TPSA) is 121 Å². The third-order valence-electron chi connectivity index (χ3n) is 7.64. The number of amides is 1. The average molecular weight is 639 g/mol. The van der Waals surface area contributed by atoms with Gasteiger partial charge in [-0.1, -0.05) is 12.1 Å². The standard InChI is InChI=1S/C34H35FN8O4/c1-41(2)13-5-11-36-33(44)17-28-24-19-38-27(25-20-39-42-14-6-12-37-34(25)42)16-29(24)43(40-28)30-15-26(35)31(18-32(30)46-4)47-21-22-7-9-23(45-3)10-8-22/h6-10,12,14-16,18-20H,5,11,13,17,21H2,1-4H3,(H,36,44). The largest absolute Gasteiger partial charge is 0.497 e. The van der Waals surface area contributed by atoms with Crippen LogP contribution >= 0.6 is 0 Å². The zero-order chi connectivity index (χ0) is 32.9. The summed E-state index contributed by atoms with van der Waals surface area (Å²) in [6, 6.07) is 13.8. The molecule has 12 nitrogen and oxygen atoms in total. The van der Waals surface area contributed by atoms with E-state index in [1.54, 1.807) is 47.2 Å². The lowest BCUT2D eigenvalue weighted by Gasteiger charge is -2.14. The van der Waals surface area contributed by atoms with Crippen LogP contribution in [0.3, 0.4) is 0 Å². The van der Waals surface area contributed by atoms with Gasteiger partial charge in [-0.05, 0) is 56.9 Å². The highest BCUT2D eigenvalue weighted by Crippen LogP contribution is 2.35. The van der Waals surface area contributed by atoms with Crippen LogP contribution in [0.2, 0.25) is 0 Å². The Morgan fingerprint density at radius 2 is 1.85 bits per heavy atom. The first kappa shape index (κ1) is 31.4. The molecule has 0 saturated heterocycles.